The van der Waals surface area contributed by atoms with Gasteiger partial charge < -0.3 is 10.2 Å². The molecule has 4 heteroatoms. The molecule has 2 N–H and O–H groups in total. The van der Waals surface area contributed by atoms with E-state index in [1.165, 1.54) is 0 Å². The Balaban J connectivity index is 2.04. The minimum Gasteiger partial charge on any atom is -0.368 e. The lowest BCUT2D eigenvalue weighted by Crippen LogP contribution is -2.22. The standard InChI is InChI=1S/C8H15NO3/c10-7-3-5-9(6-7)4-1-2-8(11)12/h8,11-12H,1-6H2. The lowest BCUT2D eigenvalue weighted by molar-refractivity contribution is -0.116. The first-order valence-corrected chi connectivity index (χ1v) is 4.28. The van der Waals surface area contributed by atoms with Crippen molar-refractivity contribution in [2.75, 3.05) is 19.6 Å². The van der Waals surface area contributed by atoms with E-state index < -0.39 is 6.29 Å². The second-order valence-electron chi connectivity index (χ2n) is 3.19. The van der Waals surface area contributed by atoms with Gasteiger partial charge in [0.1, 0.15) is 5.78 Å². The fourth-order valence-electron chi connectivity index (χ4n) is 1.38. The van der Waals surface area contributed by atoms with E-state index in [9.17, 15) is 4.79 Å². The Hall–Kier alpha value is -0.450. The molecule has 0 spiro atoms. The van der Waals surface area contributed by atoms with Gasteiger partial charge in [-0.2, -0.15) is 0 Å². The van der Waals surface area contributed by atoms with E-state index in [2.05, 4.69) is 0 Å². The number of hydrogen-bond donors (Lipinski definition) is 2. The molecule has 0 unspecified atom stereocenters. The van der Waals surface area contributed by atoms with Crippen LogP contribution < -0.4 is 0 Å². The zero-order valence-electron chi connectivity index (χ0n) is 7.07. The van der Waals surface area contributed by atoms with E-state index in [4.69, 9.17) is 10.2 Å². The summed E-state index contributed by atoms with van der Waals surface area (Å²) in [6, 6.07) is 0. The van der Waals surface area contributed by atoms with Crippen molar-refractivity contribution in [2.45, 2.75) is 25.6 Å². The third-order valence-electron chi connectivity index (χ3n) is 2.04. The maximum Gasteiger partial charge on any atom is 0.151 e. The Labute approximate surface area is 71.8 Å². The number of Topliss-reactive ketones (excluding diaryl/α,β-unsaturated/α-hetero) is 1. The van der Waals surface area contributed by atoms with Crippen molar-refractivity contribution in [1.82, 2.24) is 4.90 Å². The number of aliphatic hydroxyl groups excluding tert-OH is 1. The van der Waals surface area contributed by atoms with E-state index in [1.54, 1.807) is 0 Å². The highest BCUT2D eigenvalue weighted by Gasteiger charge is 2.18. The number of hydrogen-bond acceptors (Lipinski definition) is 4. The van der Waals surface area contributed by atoms with Crippen LogP contribution in [0.2, 0.25) is 0 Å². The Morgan fingerprint density at radius 3 is 2.75 bits per heavy atom. The summed E-state index contributed by atoms with van der Waals surface area (Å²) in [6.07, 6.45) is 0.584. The van der Waals surface area contributed by atoms with Gasteiger partial charge in [0.2, 0.25) is 0 Å². The van der Waals surface area contributed by atoms with E-state index in [0.29, 0.717) is 25.2 Å². The molecule has 0 radical (unpaired) electrons. The van der Waals surface area contributed by atoms with Crippen LogP contribution in [-0.4, -0.2) is 46.8 Å². The number of aliphatic hydroxyl groups is 2. The molecule has 0 aromatic carbocycles. The normalized spacial score (nSPS) is 19.4. The highest BCUT2D eigenvalue weighted by atomic mass is 16.5. The molecule has 0 atom stereocenters. The van der Waals surface area contributed by atoms with Crippen LogP contribution in [0.4, 0.5) is 0 Å². The smallest absolute Gasteiger partial charge is 0.151 e. The van der Waals surface area contributed by atoms with Gasteiger partial charge in [0.05, 0.1) is 6.54 Å². The van der Waals surface area contributed by atoms with Gasteiger partial charge in [-0.3, -0.25) is 9.69 Å². The summed E-state index contributed by atoms with van der Waals surface area (Å²) in [5, 5.41) is 17.1. The molecule has 0 bridgehead atoms. The minimum absolute atomic E-state index is 0.291. The van der Waals surface area contributed by atoms with Gasteiger partial charge in [-0.15, -0.1) is 0 Å². The summed E-state index contributed by atoms with van der Waals surface area (Å²) in [6.45, 7) is 2.17. The molecule has 0 aromatic heterocycles. The van der Waals surface area contributed by atoms with Crippen molar-refractivity contribution in [2.24, 2.45) is 0 Å². The fraction of sp³-hybridized carbons (Fsp3) is 0.875. The molecule has 1 saturated heterocycles. The summed E-state index contributed by atoms with van der Waals surface area (Å²) < 4.78 is 0. The molecular weight excluding hydrogens is 158 g/mol. The monoisotopic (exact) mass is 173 g/mol. The van der Waals surface area contributed by atoms with Crippen molar-refractivity contribution in [3.05, 3.63) is 0 Å². The third kappa shape index (κ3) is 3.30. The zero-order chi connectivity index (χ0) is 8.97. The average molecular weight is 173 g/mol. The zero-order valence-corrected chi connectivity index (χ0v) is 7.07. The molecule has 1 aliphatic heterocycles. The van der Waals surface area contributed by atoms with Crippen molar-refractivity contribution in [1.29, 1.82) is 0 Å². The lowest BCUT2D eigenvalue weighted by Gasteiger charge is -2.13. The molecule has 1 rings (SSSR count). The second-order valence-corrected chi connectivity index (χ2v) is 3.19. The summed E-state index contributed by atoms with van der Waals surface area (Å²) in [5.41, 5.74) is 0. The summed E-state index contributed by atoms with van der Waals surface area (Å²) in [4.78, 5) is 12.9. The quantitative estimate of drug-likeness (QED) is 0.555. The molecule has 70 valence electrons. The molecule has 1 heterocycles. The molecule has 1 fully saturated rings. The van der Waals surface area contributed by atoms with Crippen molar-refractivity contribution in [3.8, 4) is 0 Å². The van der Waals surface area contributed by atoms with Crippen LogP contribution in [0.5, 0.6) is 0 Å². The van der Waals surface area contributed by atoms with Crippen molar-refractivity contribution < 1.29 is 15.0 Å². The fourth-order valence-corrected chi connectivity index (χ4v) is 1.38. The topological polar surface area (TPSA) is 60.8 Å². The van der Waals surface area contributed by atoms with Gasteiger partial charge in [-0.1, -0.05) is 0 Å². The van der Waals surface area contributed by atoms with E-state index in [1.807, 2.05) is 4.90 Å². The summed E-state index contributed by atoms with van der Waals surface area (Å²) in [5.74, 6) is 0.291. The maximum atomic E-state index is 10.8. The molecule has 0 aliphatic carbocycles. The summed E-state index contributed by atoms with van der Waals surface area (Å²) >= 11 is 0. The number of ketones is 1. The van der Waals surface area contributed by atoms with Crippen molar-refractivity contribution >= 4 is 5.78 Å². The number of likely N-dealkylation sites (tertiary alicyclic amines) is 1. The van der Waals surface area contributed by atoms with Crippen LogP contribution in [0, 0.1) is 0 Å². The highest BCUT2D eigenvalue weighted by Crippen LogP contribution is 2.05. The number of rotatable bonds is 4. The average Bonchev–Trinajstić information content (AvgIpc) is 2.35. The van der Waals surface area contributed by atoms with Crippen LogP contribution in [0.25, 0.3) is 0 Å². The van der Waals surface area contributed by atoms with Crippen LogP contribution in [0.15, 0.2) is 0 Å². The first kappa shape index (κ1) is 9.64. The molecule has 4 nitrogen and oxygen atoms in total. The van der Waals surface area contributed by atoms with Gasteiger partial charge in [0.15, 0.2) is 6.29 Å². The molecular formula is C8H15NO3. The molecule has 12 heavy (non-hydrogen) atoms. The Kier molecular flexibility index (Phi) is 3.65. The van der Waals surface area contributed by atoms with E-state index in [-0.39, 0.29) is 0 Å². The number of nitrogens with zero attached hydrogens (tertiary/aromatic N) is 1. The summed E-state index contributed by atoms with van der Waals surface area (Å²) in [7, 11) is 0. The van der Waals surface area contributed by atoms with E-state index >= 15 is 0 Å². The van der Waals surface area contributed by atoms with Crippen LogP contribution in [-0.2, 0) is 4.79 Å². The SMILES string of the molecule is O=C1CCN(CCCC(O)O)C1. The number of carbonyl (C=O) groups is 1. The Morgan fingerprint density at radius 2 is 2.25 bits per heavy atom. The van der Waals surface area contributed by atoms with Gasteiger partial charge >= 0.3 is 0 Å². The minimum atomic E-state index is -1.21. The predicted molar refractivity (Wildman–Crippen MR) is 43.5 cm³/mol. The van der Waals surface area contributed by atoms with Crippen LogP contribution in [0.1, 0.15) is 19.3 Å². The van der Waals surface area contributed by atoms with E-state index in [0.717, 1.165) is 19.5 Å². The first-order valence-electron chi connectivity index (χ1n) is 4.28. The van der Waals surface area contributed by atoms with Crippen LogP contribution >= 0.6 is 0 Å². The Morgan fingerprint density at radius 1 is 1.50 bits per heavy atom. The molecule has 0 aromatic rings. The lowest BCUT2D eigenvalue weighted by atomic mass is 10.3. The molecule has 0 amide bonds. The second kappa shape index (κ2) is 4.54. The molecule has 1 aliphatic rings. The van der Waals surface area contributed by atoms with Gasteiger partial charge in [-0.05, 0) is 19.4 Å². The number of carbonyl (C=O) groups excluding carboxylic acids is 1. The van der Waals surface area contributed by atoms with Crippen LogP contribution in [0.3, 0.4) is 0 Å². The first-order chi connectivity index (χ1) is 5.68. The third-order valence-corrected chi connectivity index (χ3v) is 2.04. The van der Waals surface area contributed by atoms with Gasteiger partial charge in [0, 0.05) is 13.0 Å². The molecule has 0 saturated carbocycles. The highest BCUT2D eigenvalue weighted by molar-refractivity contribution is 5.82. The largest absolute Gasteiger partial charge is 0.368 e. The maximum absolute atomic E-state index is 10.8. The predicted octanol–water partition coefficient (Wildman–Crippen LogP) is -0.648. The van der Waals surface area contributed by atoms with Gasteiger partial charge in [0.25, 0.3) is 0 Å². The Bertz CT molecular complexity index is 158. The van der Waals surface area contributed by atoms with Gasteiger partial charge in [-0.25, -0.2) is 0 Å². The van der Waals surface area contributed by atoms with Crippen molar-refractivity contribution in [3.63, 3.8) is 0 Å².